The minimum absolute atomic E-state index is 0.0508. The normalized spacial score (nSPS) is 12.4. The van der Waals surface area contributed by atoms with E-state index in [1.54, 1.807) is 27.7 Å². The maximum atomic E-state index is 11.9. The summed E-state index contributed by atoms with van der Waals surface area (Å²) in [5, 5.41) is 0. The van der Waals surface area contributed by atoms with Crippen molar-refractivity contribution in [2.24, 2.45) is 0 Å². The molecule has 24 heavy (non-hydrogen) atoms. The topological polar surface area (TPSA) is 61.8 Å². The molecule has 0 fully saturated rings. The molecule has 0 radical (unpaired) electrons. The standard InChI is InChI=1S/C19H28O5/c1-7-22-17(20)12-13(3)15-9-10-16(14(4)11-15)24-19(5,6)18(21)23-8-2/h9-11,13H,7-8,12H2,1-6H3. The maximum Gasteiger partial charge on any atom is 0.349 e. The van der Waals surface area contributed by atoms with Crippen LogP contribution in [-0.4, -0.2) is 30.8 Å². The van der Waals surface area contributed by atoms with E-state index in [1.165, 1.54) is 0 Å². The molecule has 0 aliphatic heterocycles. The third kappa shape index (κ3) is 5.55. The zero-order valence-corrected chi connectivity index (χ0v) is 15.5. The average molecular weight is 336 g/mol. The highest BCUT2D eigenvalue weighted by molar-refractivity contribution is 5.79. The van der Waals surface area contributed by atoms with Crippen LogP contribution in [0.25, 0.3) is 0 Å². The smallest absolute Gasteiger partial charge is 0.349 e. The Labute approximate surface area is 144 Å². The highest BCUT2D eigenvalue weighted by Crippen LogP contribution is 2.28. The second-order valence-electron chi connectivity index (χ2n) is 6.27. The van der Waals surface area contributed by atoms with Gasteiger partial charge in [0, 0.05) is 0 Å². The van der Waals surface area contributed by atoms with Gasteiger partial charge in [-0.15, -0.1) is 0 Å². The Kier molecular flexibility index (Phi) is 7.26. The molecule has 1 aromatic rings. The van der Waals surface area contributed by atoms with Crippen molar-refractivity contribution in [3.05, 3.63) is 29.3 Å². The first-order valence-electron chi connectivity index (χ1n) is 8.33. The fourth-order valence-corrected chi connectivity index (χ4v) is 2.30. The van der Waals surface area contributed by atoms with Crippen molar-refractivity contribution >= 4 is 11.9 Å². The monoisotopic (exact) mass is 336 g/mol. The van der Waals surface area contributed by atoms with Crippen molar-refractivity contribution in [2.75, 3.05) is 13.2 Å². The molecule has 0 aromatic heterocycles. The van der Waals surface area contributed by atoms with E-state index in [0.29, 0.717) is 25.4 Å². The van der Waals surface area contributed by atoms with E-state index in [-0.39, 0.29) is 11.9 Å². The van der Waals surface area contributed by atoms with E-state index >= 15 is 0 Å². The van der Waals surface area contributed by atoms with Gasteiger partial charge >= 0.3 is 11.9 Å². The van der Waals surface area contributed by atoms with Gasteiger partial charge in [0.05, 0.1) is 19.6 Å². The highest BCUT2D eigenvalue weighted by atomic mass is 16.6. The Balaban J connectivity index is 2.84. The summed E-state index contributed by atoms with van der Waals surface area (Å²) in [7, 11) is 0. The number of carbonyl (C=O) groups excluding carboxylic acids is 2. The van der Waals surface area contributed by atoms with E-state index in [1.807, 2.05) is 32.0 Å². The molecule has 0 N–H and O–H groups in total. The van der Waals surface area contributed by atoms with E-state index < -0.39 is 11.6 Å². The average Bonchev–Trinajstić information content (AvgIpc) is 2.49. The van der Waals surface area contributed by atoms with Crippen LogP contribution < -0.4 is 4.74 Å². The molecule has 1 atom stereocenters. The lowest BCUT2D eigenvalue weighted by molar-refractivity contribution is -0.158. The SMILES string of the molecule is CCOC(=O)CC(C)c1ccc(OC(C)(C)C(=O)OCC)c(C)c1. The first kappa shape index (κ1) is 20.0. The van der Waals surface area contributed by atoms with Crippen molar-refractivity contribution in [1.29, 1.82) is 0 Å². The van der Waals surface area contributed by atoms with Gasteiger partial charge in [-0.1, -0.05) is 19.1 Å². The fraction of sp³-hybridized carbons (Fsp3) is 0.579. The molecule has 0 bridgehead atoms. The molecule has 5 heteroatoms. The molecule has 1 unspecified atom stereocenters. The summed E-state index contributed by atoms with van der Waals surface area (Å²) >= 11 is 0. The van der Waals surface area contributed by atoms with Crippen LogP contribution in [0.2, 0.25) is 0 Å². The number of ether oxygens (including phenoxy) is 3. The Hall–Kier alpha value is -2.04. The van der Waals surface area contributed by atoms with Gasteiger partial charge in [-0.3, -0.25) is 4.79 Å². The van der Waals surface area contributed by atoms with Gasteiger partial charge in [0.25, 0.3) is 0 Å². The number of hydrogen-bond donors (Lipinski definition) is 0. The van der Waals surface area contributed by atoms with Gasteiger partial charge in [0.1, 0.15) is 5.75 Å². The van der Waals surface area contributed by atoms with E-state index in [9.17, 15) is 9.59 Å². The quantitative estimate of drug-likeness (QED) is 0.676. The molecular weight excluding hydrogens is 308 g/mol. The van der Waals surface area contributed by atoms with Crippen LogP contribution in [0.1, 0.15) is 58.1 Å². The first-order chi connectivity index (χ1) is 11.2. The Morgan fingerprint density at radius 2 is 1.75 bits per heavy atom. The molecule has 0 spiro atoms. The molecule has 0 saturated carbocycles. The van der Waals surface area contributed by atoms with E-state index in [0.717, 1.165) is 11.1 Å². The van der Waals surface area contributed by atoms with Crippen molar-refractivity contribution in [2.45, 2.75) is 59.5 Å². The second-order valence-corrected chi connectivity index (χ2v) is 6.27. The largest absolute Gasteiger partial charge is 0.476 e. The van der Waals surface area contributed by atoms with E-state index in [4.69, 9.17) is 14.2 Å². The molecule has 5 nitrogen and oxygen atoms in total. The number of aryl methyl sites for hydroxylation is 1. The third-order valence-electron chi connectivity index (χ3n) is 3.68. The highest BCUT2D eigenvalue weighted by Gasteiger charge is 2.32. The van der Waals surface area contributed by atoms with Crippen LogP contribution in [0.4, 0.5) is 0 Å². The van der Waals surface area contributed by atoms with Crippen LogP contribution in [0.5, 0.6) is 5.75 Å². The van der Waals surface area contributed by atoms with Gasteiger partial charge in [-0.2, -0.15) is 0 Å². The lowest BCUT2D eigenvalue weighted by atomic mass is 9.96. The molecule has 0 aliphatic carbocycles. The third-order valence-corrected chi connectivity index (χ3v) is 3.68. The summed E-state index contributed by atoms with van der Waals surface area (Å²) in [6.45, 7) is 11.5. The van der Waals surface area contributed by atoms with Crippen LogP contribution in [0.15, 0.2) is 18.2 Å². The van der Waals surface area contributed by atoms with Gasteiger partial charge in [0.15, 0.2) is 5.60 Å². The number of carbonyl (C=O) groups is 2. The summed E-state index contributed by atoms with van der Waals surface area (Å²) in [6.07, 6.45) is 0.335. The fourth-order valence-electron chi connectivity index (χ4n) is 2.30. The first-order valence-corrected chi connectivity index (χ1v) is 8.33. The second kappa shape index (κ2) is 8.71. The predicted molar refractivity (Wildman–Crippen MR) is 92.2 cm³/mol. The number of rotatable bonds is 8. The molecule has 0 saturated heterocycles. The van der Waals surface area contributed by atoms with Gasteiger partial charge in [-0.05, 0) is 57.7 Å². The van der Waals surface area contributed by atoms with Gasteiger partial charge in [-0.25, -0.2) is 4.79 Å². The molecule has 1 rings (SSSR count). The minimum Gasteiger partial charge on any atom is -0.476 e. The zero-order chi connectivity index (χ0) is 18.3. The maximum absolute atomic E-state index is 11.9. The van der Waals surface area contributed by atoms with Crippen molar-refractivity contribution in [3.63, 3.8) is 0 Å². The predicted octanol–water partition coefficient (Wildman–Crippen LogP) is 3.77. The zero-order valence-electron chi connectivity index (χ0n) is 15.5. The van der Waals surface area contributed by atoms with Crippen molar-refractivity contribution in [3.8, 4) is 5.75 Å². The molecule has 0 aliphatic rings. The van der Waals surface area contributed by atoms with Gasteiger partial charge in [0.2, 0.25) is 0 Å². The Morgan fingerprint density at radius 1 is 1.12 bits per heavy atom. The minimum atomic E-state index is -1.06. The molecule has 0 heterocycles. The summed E-state index contributed by atoms with van der Waals surface area (Å²) in [5.41, 5.74) is 0.876. The Morgan fingerprint density at radius 3 is 2.29 bits per heavy atom. The van der Waals surface area contributed by atoms with Crippen LogP contribution in [0, 0.1) is 6.92 Å². The molecule has 1 aromatic carbocycles. The lowest BCUT2D eigenvalue weighted by Crippen LogP contribution is -2.39. The summed E-state index contributed by atoms with van der Waals surface area (Å²) in [6, 6.07) is 5.71. The van der Waals surface area contributed by atoms with Crippen molar-refractivity contribution in [1.82, 2.24) is 0 Å². The number of hydrogen-bond acceptors (Lipinski definition) is 5. The molecular formula is C19H28O5. The summed E-state index contributed by atoms with van der Waals surface area (Å²) < 4.78 is 15.9. The van der Waals surface area contributed by atoms with Crippen LogP contribution in [0.3, 0.4) is 0 Å². The van der Waals surface area contributed by atoms with Crippen molar-refractivity contribution < 1.29 is 23.8 Å². The van der Waals surface area contributed by atoms with E-state index in [2.05, 4.69) is 0 Å². The van der Waals surface area contributed by atoms with Crippen LogP contribution >= 0.6 is 0 Å². The molecule has 134 valence electrons. The number of esters is 2. The summed E-state index contributed by atoms with van der Waals surface area (Å²) in [5.74, 6) is 0.0746. The Bertz CT molecular complexity index is 577. The van der Waals surface area contributed by atoms with Gasteiger partial charge < -0.3 is 14.2 Å². The lowest BCUT2D eigenvalue weighted by Gasteiger charge is -2.25. The summed E-state index contributed by atoms with van der Waals surface area (Å²) in [4.78, 5) is 23.5. The van der Waals surface area contributed by atoms with Crippen LogP contribution in [-0.2, 0) is 19.1 Å². The number of benzene rings is 1. The molecule has 0 amide bonds.